The molecule has 0 aromatic heterocycles. The Labute approximate surface area is 87.2 Å². The van der Waals surface area contributed by atoms with Crippen LogP contribution in [-0.2, 0) is 9.09 Å². The molecule has 2 atom stereocenters. The first-order valence-corrected chi connectivity index (χ1v) is 6.23. The summed E-state index contributed by atoms with van der Waals surface area (Å²) in [5, 5.41) is 2.35. The Hall–Kier alpha value is -0.620. The van der Waals surface area contributed by atoms with Gasteiger partial charge >= 0.3 is 13.9 Å². The number of phosphoric ester groups is 1. The van der Waals surface area contributed by atoms with Gasteiger partial charge in [-0.25, -0.2) is 9.36 Å². The Morgan fingerprint density at radius 3 is 2.53 bits per heavy atom. The number of carbonyl (C=O) groups excluding carboxylic acids is 1. The summed E-state index contributed by atoms with van der Waals surface area (Å²) < 4.78 is 14.2. The molecule has 0 spiro atoms. The quantitative estimate of drug-likeness (QED) is 0.505. The molecule has 1 aliphatic carbocycles. The molecule has 88 valence electrons. The first kappa shape index (κ1) is 12.4. The molecule has 0 heterocycles. The molecule has 5 N–H and O–H groups in total. The van der Waals surface area contributed by atoms with E-state index < -0.39 is 13.9 Å². The summed E-state index contributed by atoms with van der Waals surface area (Å²) in [4.78, 5) is 27.8. The highest BCUT2D eigenvalue weighted by molar-refractivity contribution is 7.46. The fourth-order valence-electron chi connectivity index (χ4n) is 1.62. The third kappa shape index (κ3) is 4.61. The highest BCUT2D eigenvalue weighted by Gasteiger charge is 2.27. The van der Waals surface area contributed by atoms with Crippen molar-refractivity contribution in [2.24, 2.45) is 5.73 Å². The molecule has 0 aromatic carbocycles. The van der Waals surface area contributed by atoms with Gasteiger partial charge in [0.2, 0.25) is 0 Å². The molecule has 0 bridgehead atoms. The fourth-order valence-corrected chi connectivity index (χ4v) is 1.89. The lowest BCUT2D eigenvalue weighted by Crippen LogP contribution is -2.49. The van der Waals surface area contributed by atoms with Crippen LogP contribution >= 0.6 is 7.82 Å². The monoisotopic (exact) mass is 238 g/mol. The average Bonchev–Trinajstić information content (AvgIpc) is 2.05. The van der Waals surface area contributed by atoms with E-state index in [1.807, 2.05) is 0 Å². The Morgan fingerprint density at radius 1 is 1.40 bits per heavy atom. The summed E-state index contributed by atoms with van der Waals surface area (Å²) in [7, 11) is -4.76. The van der Waals surface area contributed by atoms with Crippen LogP contribution in [0.3, 0.4) is 0 Å². The van der Waals surface area contributed by atoms with Gasteiger partial charge in [0, 0.05) is 12.1 Å². The van der Waals surface area contributed by atoms with Gasteiger partial charge < -0.3 is 15.6 Å². The maximum absolute atomic E-state index is 11.0. The summed E-state index contributed by atoms with van der Waals surface area (Å²) in [6, 6.07) is -0.444. The van der Waals surface area contributed by atoms with E-state index in [1.165, 1.54) is 0 Å². The van der Waals surface area contributed by atoms with Gasteiger partial charge in [-0.05, 0) is 12.8 Å². The van der Waals surface area contributed by atoms with E-state index in [0.717, 1.165) is 19.3 Å². The zero-order valence-electron chi connectivity index (χ0n) is 8.13. The second-order valence-corrected chi connectivity index (χ2v) is 4.73. The molecular formula is C7H15N2O5P. The Morgan fingerprint density at radius 2 is 2.00 bits per heavy atom. The maximum Gasteiger partial charge on any atom is 0.528 e. The number of hydrogen-bond donors (Lipinski definition) is 4. The SMILES string of the molecule is N[C@@H]1CCCC[C@@H]1NC(=O)OP(=O)(O)O. The molecule has 1 aliphatic rings. The van der Waals surface area contributed by atoms with E-state index in [4.69, 9.17) is 15.5 Å². The second-order valence-electron chi connectivity index (χ2n) is 3.57. The normalized spacial score (nSPS) is 27.1. The lowest BCUT2D eigenvalue weighted by molar-refractivity contribution is 0.167. The number of amides is 1. The van der Waals surface area contributed by atoms with Crippen LogP contribution in [0.5, 0.6) is 0 Å². The van der Waals surface area contributed by atoms with Crippen molar-refractivity contribution in [1.29, 1.82) is 0 Å². The lowest BCUT2D eigenvalue weighted by Gasteiger charge is -2.28. The molecule has 1 amide bonds. The molecule has 1 rings (SSSR count). The van der Waals surface area contributed by atoms with Crippen molar-refractivity contribution in [1.82, 2.24) is 5.32 Å². The van der Waals surface area contributed by atoms with Gasteiger partial charge in [0.05, 0.1) is 0 Å². The van der Waals surface area contributed by atoms with E-state index in [1.54, 1.807) is 0 Å². The van der Waals surface area contributed by atoms with Gasteiger partial charge in [0.15, 0.2) is 0 Å². The molecule has 0 saturated heterocycles. The van der Waals surface area contributed by atoms with Crippen LogP contribution in [-0.4, -0.2) is 28.0 Å². The molecular weight excluding hydrogens is 223 g/mol. The topological polar surface area (TPSA) is 122 Å². The van der Waals surface area contributed by atoms with Gasteiger partial charge in [0.1, 0.15) is 0 Å². The minimum Gasteiger partial charge on any atom is -0.354 e. The number of rotatable bonds is 2. The van der Waals surface area contributed by atoms with Crippen LogP contribution in [0, 0.1) is 0 Å². The lowest BCUT2D eigenvalue weighted by atomic mass is 9.91. The number of nitrogens with two attached hydrogens (primary N) is 1. The van der Waals surface area contributed by atoms with Crippen molar-refractivity contribution < 1.29 is 23.7 Å². The maximum atomic E-state index is 11.0. The van der Waals surface area contributed by atoms with Crippen molar-refractivity contribution in [2.45, 2.75) is 37.8 Å². The fraction of sp³-hybridized carbons (Fsp3) is 0.857. The summed E-state index contributed by atoms with van der Waals surface area (Å²) in [5.74, 6) is 0. The van der Waals surface area contributed by atoms with Crippen molar-refractivity contribution in [3.8, 4) is 0 Å². The van der Waals surface area contributed by atoms with Gasteiger partial charge in [-0.3, -0.25) is 9.79 Å². The van der Waals surface area contributed by atoms with E-state index in [0.29, 0.717) is 6.42 Å². The molecule has 1 fully saturated rings. The van der Waals surface area contributed by atoms with Crippen molar-refractivity contribution >= 4 is 13.9 Å². The van der Waals surface area contributed by atoms with Crippen LogP contribution in [0.2, 0.25) is 0 Å². The van der Waals surface area contributed by atoms with E-state index >= 15 is 0 Å². The molecule has 8 heteroatoms. The summed E-state index contributed by atoms with van der Waals surface area (Å²) in [6.45, 7) is 0. The van der Waals surface area contributed by atoms with Crippen LogP contribution in [0.1, 0.15) is 25.7 Å². The molecule has 0 radical (unpaired) electrons. The third-order valence-electron chi connectivity index (χ3n) is 2.32. The molecule has 15 heavy (non-hydrogen) atoms. The zero-order valence-corrected chi connectivity index (χ0v) is 9.02. The van der Waals surface area contributed by atoms with Crippen LogP contribution in [0.15, 0.2) is 0 Å². The van der Waals surface area contributed by atoms with E-state index in [9.17, 15) is 9.36 Å². The minimum atomic E-state index is -4.76. The molecule has 0 unspecified atom stereocenters. The summed E-state index contributed by atoms with van der Waals surface area (Å²) in [6.07, 6.45) is 2.32. The second kappa shape index (κ2) is 4.94. The average molecular weight is 238 g/mol. The van der Waals surface area contributed by atoms with Crippen LogP contribution in [0.25, 0.3) is 0 Å². The highest BCUT2D eigenvalue weighted by Crippen LogP contribution is 2.35. The van der Waals surface area contributed by atoms with Crippen molar-refractivity contribution in [2.75, 3.05) is 0 Å². The standard InChI is InChI=1S/C7H15N2O5P/c8-5-3-1-2-4-6(5)9-7(10)14-15(11,12)13/h5-6H,1-4,8H2,(H,9,10)(H2,11,12,13)/t5-,6+/m1/s1. The molecule has 0 aromatic rings. The zero-order chi connectivity index (χ0) is 11.5. The summed E-state index contributed by atoms with van der Waals surface area (Å²) in [5.41, 5.74) is 5.73. The Bertz CT molecular complexity index is 279. The predicted octanol–water partition coefficient (Wildman–Crippen LogP) is 0.0752. The first-order valence-electron chi connectivity index (χ1n) is 4.70. The number of carbonyl (C=O) groups is 1. The van der Waals surface area contributed by atoms with Crippen LogP contribution < -0.4 is 11.1 Å². The highest BCUT2D eigenvalue weighted by atomic mass is 31.2. The predicted molar refractivity (Wildman–Crippen MR) is 51.9 cm³/mol. The number of hydrogen-bond acceptors (Lipinski definition) is 4. The van der Waals surface area contributed by atoms with Gasteiger partial charge in [-0.2, -0.15) is 0 Å². The molecule has 0 aliphatic heterocycles. The number of phosphoric acid groups is 1. The van der Waals surface area contributed by atoms with Crippen molar-refractivity contribution in [3.05, 3.63) is 0 Å². The van der Waals surface area contributed by atoms with Gasteiger partial charge in [0.25, 0.3) is 0 Å². The number of nitrogens with one attached hydrogen (secondary N) is 1. The molecule has 1 saturated carbocycles. The van der Waals surface area contributed by atoms with E-state index in [2.05, 4.69) is 9.84 Å². The van der Waals surface area contributed by atoms with Gasteiger partial charge in [-0.15, -0.1) is 0 Å². The first-order chi connectivity index (χ1) is 6.88. The largest absolute Gasteiger partial charge is 0.528 e. The van der Waals surface area contributed by atoms with E-state index in [-0.39, 0.29) is 12.1 Å². The smallest absolute Gasteiger partial charge is 0.354 e. The van der Waals surface area contributed by atoms with Crippen molar-refractivity contribution in [3.63, 3.8) is 0 Å². The third-order valence-corrected chi connectivity index (χ3v) is 2.73. The van der Waals surface area contributed by atoms with Gasteiger partial charge in [-0.1, -0.05) is 12.8 Å². The Balaban J connectivity index is 2.40. The van der Waals surface area contributed by atoms with Crippen LogP contribution in [0.4, 0.5) is 4.79 Å². The minimum absolute atomic E-state index is 0.178. The summed E-state index contributed by atoms with van der Waals surface area (Å²) >= 11 is 0. The molecule has 7 nitrogen and oxygen atoms in total. The Kier molecular flexibility index (Phi) is 4.10.